The zero-order valence-electron chi connectivity index (χ0n) is 12.2. The molecule has 0 atom stereocenters. The molecule has 2 rings (SSSR count). The van der Waals surface area contributed by atoms with E-state index in [1.807, 2.05) is 12.1 Å². The number of amides is 1. The lowest BCUT2D eigenvalue weighted by molar-refractivity contribution is -0.120. The fraction of sp³-hybridized carbons (Fsp3) is 0.533. The molecule has 6 heteroatoms. The third kappa shape index (κ3) is 4.99. The number of benzene rings is 1. The van der Waals surface area contributed by atoms with E-state index in [9.17, 15) is 9.18 Å². The van der Waals surface area contributed by atoms with Crippen molar-refractivity contribution in [3.8, 4) is 0 Å². The molecule has 0 unspecified atom stereocenters. The molecule has 1 aliphatic heterocycles. The number of anilines is 1. The number of nitrogens with two attached hydrogens (primary N) is 1. The van der Waals surface area contributed by atoms with Gasteiger partial charge in [0.1, 0.15) is 5.82 Å². The average Bonchev–Trinajstić information content (AvgIpc) is 2.49. The molecule has 1 amide bonds. The van der Waals surface area contributed by atoms with Gasteiger partial charge in [-0.05, 0) is 24.3 Å². The first-order valence-electron chi connectivity index (χ1n) is 7.38. The van der Waals surface area contributed by atoms with Crippen molar-refractivity contribution in [3.63, 3.8) is 0 Å². The quantitative estimate of drug-likeness (QED) is 0.798. The Morgan fingerprint density at radius 1 is 1.19 bits per heavy atom. The summed E-state index contributed by atoms with van der Waals surface area (Å²) in [6.07, 6.45) is 0.387. The molecule has 0 radical (unpaired) electrons. The van der Waals surface area contributed by atoms with E-state index < -0.39 is 0 Å². The van der Waals surface area contributed by atoms with Crippen molar-refractivity contribution in [1.29, 1.82) is 0 Å². The van der Waals surface area contributed by atoms with Gasteiger partial charge < -0.3 is 16.0 Å². The van der Waals surface area contributed by atoms with Gasteiger partial charge in [0, 0.05) is 57.9 Å². The Morgan fingerprint density at radius 3 is 2.48 bits per heavy atom. The highest BCUT2D eigenvalue weighted by Crippen LogP contribution is 2.16. The van der Waals surface area contributed by atoms with E-state index in [1.54, 1.807) is 0 Å². The number of carbonyl (C=O) groups is 1. The largest absolute Gasteiger partial charge is 0.369 e. The Hall–Kier alpha value is -1.66. The molecule has 0 bridgehead atoms. The molecule has 116 valence electrons. The summed E-state index contributed by atoms with van der Waals surface area (Å²) in [4.78, 5) is 15.9. The van der Waals surface area contributed by atoms with E-state index in [1.165, 1.54) is 12.1 Å². The summed E-state index contributed by atoms with van der Waals surface area (Å²) in [5.74, 6) is -0.187. The van der Waals surface area contributed by atoms with Crippen LogP contribution >= 0.6 is 0 Å². The van der Waals surface area contributed by atoms with E-state index in [0.29, 0.717) is 19.5 Å². The Morgan fingerprint density at radius 2 is 1.86 bits per heavy atom. The van der Waals surface area contributed by atoms with Gasteiger partial charge in [0.2, 0.25) is 5.91 Å². The minimum absolute atomic E-state index is 0.0162. The number of hydrogen-bond donors (Lipinski definition) is 2. The highest BCUT2D eigenvalue weighted by Gasteiger charge is 2.16. The molecule has 0 spiro atoms. The smallest absolute Gasteiger partial charge is 0.221 e. The van der Waals surface area contributed by atoms with Crippen molar-refractivity contribution in [2.24, 2.45) is 5.73 Å². The number of carbonyl (C=O) groups excluding carboxylic acids is 1. The first-order valence-corrected chi connectivity index (χ1v) is 7.38. The van der Waals surface area contributed by atoms with E-state index in [4.69, 9.17) is 5.73 Å². The van der Waals surface area contributed by atoms with Gasteiger partial charge in [-0.1, -0.05) is 0 Å². The number of nitrogens with zero attached hydrogens (tertiary/aromatic N) is 2. The number of piperazine rings is 1. The van der Waals surface area contributed by atoms with Gasteiger partial charge in [-0.2, -0.15) is 0 Å². The van der Waals surface area contributed by atoms with Gasteiger partial charge in [0.05, 0.1) is 0 Å². The van der Waals surface area contributed by atoms with Crippen molar-refractivity contribution in [2.75, 3.05) is 50.7 Å². The lowest BCUT2D eigenvalue weighted by Crippen LogP contribution is -2.48. The molecule has 0 aliphatic carbocycles. The van der Waals surface area contributed by atoms with Crippen LogP contribution in [0.25, 0.3) is 0 Å². The normalized spacial score (nSPS) is 16.0. The van der Waals surface area contributed by atoms with Crippen LogP contribution < -0.4 is 16.0 Å². The molecule has 1 saturated heterocycles. The highest BCUT2D eigenvalue weighted by atomic mass is 19.1. The van der Waals surface area contributed by atoms with Crippen LogP contribution in [-0.4, -0.2) is 56.6 Å². The minimum atomic E-state index is -0.203. The molecule has 5 nitrogen and oxygen atoms in total. The van der Waals surface area contributed by atoms with Crippen molar-refractivity contribution in [3.05, 3.63) is 30.1 Å². The molecular weight excluding hydrogens is 271 g/mol. The van der Waals surface area contributed by atoms with Crippen LogP contribution in [0.3, 0.4) is 0 Å². The fourth-order valence-electron chi connectivity index (χ4n) is 2.45. The second-order valence-corrected chi connectivity index (χ2v) is 5.19. The van der Waals surface area contributed by atoms with Crippen LogP contribution in [0.2, 0.25) is 0 Å². The zero-order chi connectivity index (χ0) is 15.1. The topological polar surface area (TPSA) is 61.6 Å². The predicted molar refractivity (Wildman–Crippen MR) is 81.7 cm³/mol. The molecule has 1 fully saturated rings. The van der Waals surface area contributed by atoms with Gasteiger partial charge in [0.15, 0.2) is 0 Å². The van der Waals surface area contributed by atoms with Crippen LogP contribution in [0.5, 0.6) is 0 Å². The SMILES string of the molecule is NCCC(=O)NCCN1CCN(c2ccc(F)cc2)CC1. The van der Waals surface area contributed by atoms with E-state index in [0.717, 1.165) is 38.4 Å². The van der Waals surface area contributed by atoms with E-state index in [2.05, 4.69) is 15.1 Å². The summed E-state index contributed by atoms with van der Waals surface area (Å²) in [6, 6.07) is 6.62. The zero-order valence-corrected chi connectivity index (χ0v) is 12.2. The van der Waals surface area contributed by atoms with E-state index >= 15 is 0 Å². The maximum atomic E-state index is 12.9. The maximum absolute atomic E-state index is 12.9. The highest BCUT2D eigenvalue weighted by molar-refractivity contribution is 5.75. The Labute approximate surface area is 124 Å². The molecule has 1 heterocycles. The fourth-order valence-corrected chi connectivity index (χ4v) is 2.45. The lowest BCUT2D eigenvalue weighted by atomic mass is 10.2. The summed E-state index contributed by atoms with van der Waals surface area (Å²) in [5, 5.41) is 2.86. The summed E-state index contributed by atoms with van der Waals surface area (Å²) in [5.41, 5.74) is 6.39. The summed E-state index contributed by atoms with van der Waals surface area (Å²) < 4.78 is 12.9. The van der Waals surface area contributed by atoms with Crippen LogP contribution in [0.15, 0.2) is 24.3 Å². The standard InChI is InChI=1S/C15H23FN4O/c16-13-1-3-14(4-2-13)20-11-9-19(10-12-20)8-7-18-15(21)5-6-17/h1-4H,5-12,17H2,(H,18,21). The summed E-state index contributed by atoms with van der Waals surface area (Å²) >= 11 is 0. The predicted octanol–water partition coefficient (Wildman–Crippen LogP) is 0.413. The summed E-state index contributed by atoms with van der Waals surface area (Å²) in [7, 11) is 0. The van der Waals surface area contributed by atoms with Gasteiger partial charge in [0.25, 0.3) is 0 Å². The second kappa shape index (κ2) is 7.95. The van der Waals surface area contributed by atoms with Crippen LogP contribution in [0.1, 0.15) is 6.42 Å². The third-order valence-electron chi connectivity index (χ3n) is 3.69. The number of hydrogen-bond acceptors (Lipinski definition) is 4. The van der Waals surface area contributed by atoms with Crippen molar-refractivity contribution < 1.29 is 9.18 Å². The number of nitrogens with one attached hydrogen (secondary N) is 1. The first-order chi connectivity index (χ1) is 10.2. The van der Waals surface area contributed by atoms with Crippen molar-refractivity contribution in [1.82, 2.24) is 10.2 Å². The van der Waals surface area contributed by atoms with Gasteiger partial charge >= 0.3 is 0 Å². The van der Waals surface area contributed by atoms with Crippen LogP contribution in [0.4, 0.5) is 10.1 Å². The van der Waals surface area contributed by atoms with Crippen LogP contribution in [0, 0.1) is 5.82 Å². The van der Waals surface area contributed by atoms with Crippen molar-refractivity contribution in [2.45, 2.75) is 6.42 Å². The van der Waals surface area contributed by atoms with Gasteiger partial charge in [-0.25, -0.2) is 4.39 Å². The molecule has 1 aromatic carbocycles. The Balaban J connectivity index is 1.68. The molecule has 0 aromatic heterocycles. The summed E-state index contributed by atoms with van der Waals surface area (Å²) in [6.45, 7) is 5.64. The second-order valence-electron chi connectivity index (χ2n) is 5.19. The maximum Gasteiger partial charge on any atom is 0.221 e. The number of halogens is 1. The molecule has 1 aliphatic rings. The minimum Gasteiger partial charge on any atom is -0.369 e. The Kier molecular flexibility index (Phi) is 5.95. The molecule has 0 saturated carbocycles. The van der Waals surface area contributed by atoms with Gasteiger partial charge in [-0.3, -0.25) is 9.69 Å². The van der Waals surface area contributed by atoms with Gasteiger partial charge in [-0.15, -0.1) is 0 Å². The molecule has 21 heavy (non-hydrogen) atoms. The molecular formula is C15H23FN4O. The molecule has 3 N–H and O–H groups in total. The third-order valence-corrected chi connectivity index (χ3v) is 3.69. The first kappa shape index (κ1) is 15.7. The lowest BCUT2D eigenvalue weighted by Gasteiger charge is -2.36. The Bertz CT molecular complexity index is 443. The monoisotopic (exact) mass is 294 g/mol. The van der Waals surface area contributed by atoms with Crippen molar-refractivity contribution >= 4 is 11.6 Å². The molecule has 1 aromatic rings. The number of rotatable bonds is 6. The average molecular weight is 294 g/mol. The van der Waals surface area contributed by atoms with Crippen LogP contribution in [-0.2, 0) is 4.79 Å². The van der Waals surface area contributed by atoms with E-state index in [-0.39, 0.29) is 11.7 Å².